The predicted molar refractivity (Wildman–Crippen MR) is 134 cm³/mol. The number of rotatable bonds is 6. The molecule has 2 heterocycles. The zero-order valence-electron chi connectivity index (χ0n) is 22.4. The zero-order valence-corrected chi connectivity index (χ0v) is 22.4. The third-order valence-corrected chi connectivity index (χ3v) is 8.92. The highest BCUT2D eigenvalue weighted by molar-refractivity contribution is 5.91. The van der Waals surface area contributed by atoms with Crippen LogP contribution in [0.3, 0.4) is 0 Å². The molecule has 8 nitrogen and oxygen atoms in total. The molecule has 1 saturated carbocycles. The fraction of sp³-hybridized carbons (Fsp3) is 0.714. The van der Waals surface area contributed by atoms with Crippen LogP contribution in [0.2, 0.25) is 0 Å². The maximum absolute atomic E-state index is 13.8. The molecular formula is C28H40N2O6. The van der Waals surface area contributed by atoms with Crippen molar-refractivity contribution in [2.75, 3.05) is 47.1 Å². The number of methoxy groups -OCH3 is 2. The van der Waals surface area contributed by atoms with Crippen molar-refractivity contribution in [3.63, 3.8) is 0 Å². The second-order valence-electron chi connectivity index (χ2n) is 11.7. The normalized spacial score (nSPS) is 30.9. The Kier molecular flexibility index (Phi) is 6.48. The van der Waals surface area contributed by atoms with Gasteiger partial charge in [-0.1, -0.05) is 34.1 Å². The minimum absolute atomic E-state index is 0.0715. The summed E-state index contributed by atoms with van der Waals surface area (Å²) in [5.74, 6) is 1.09. The van der Waals surface area contributed by atoms with E-state index in [1.807, 2.05) is 0 Å². The number of morpholine rings is 1. The minimum atomic E-state index is -0.804. The first-order valence-corrected chi connectivity index (χ1v) is 13.3. The van der Waals surface area contributed by atoms with Crippen LogP contribution in [0.15, 0.2) is 6.07 Å². The summed E-state index contributed by atoms with van der Waals surface area (Å²) in [5, 5.41) is 3.30. The summed E-state index contributed by atoms with van der Waals surface area (Å²) in [5.41, 5.74) is 1.82. The van der Waals surface area contributed by atoms with E-state index < -0.39 is 17.6 Å². The summed E-state index contributed by atoms with van der Waals surface area (Å²) < 4.78 is 23.6. The average Bonchev–Trinajstić information content (AvgIpc) is 3.11. The Hall–Kier alpha value is -2.32. The number of benzene rings is 1. The van der Waals surface area contributed by atoms with Crippen molar-refractivity contribution >= 4 is 11.9 Å². The molecule has 2 aliphatic carbocycles. The molecule has 1 N–H and O–H groups in total. The van der Waals surface area contributed by atoms with Crippen molar-refractivity contribution in [1.29, 1.82) is 0 Å². The fourth-order valence-electron chi connectivity index (χ4n) is 7.43. The summed E-state index contributed by atoms with van der Waals surface area (Å²) in [7, 11) is 3.29. The number of ether oxygens (including phenoxy) is 4. The van der Waals surface area contributed by atoms with Gasteiger partial charge in [0.15, 0.2) is 11.5 Å². The van der Waals surface area contributed by atoms with Crippen LogP contribution in [-0.4, -0.2) is 69.9 Å². The van der Waals surface area contributed by atoms with Crippen molar-refractivity contribution in [2.45, 2.75) is 70.4 Å². The molecule has 3 fully saturated rings. The highest BCUT2D eigenvalue weighted by Gasteiger charge is 2.70. The molecule has 198 valence electrons. The van der Waals surface area contributed by atoms with Gasteiger partial charge in [-0.2, -0.15) is 0 Å². The summed E-state index contributed by atoms with van der Waals surface area (Å²) in [6.45, 7) is 11.7. The Labute approximate surface area is 214 Å². The van der Waals surface area contributed by atoms with Crippen LogP contribution in [0.1, 0.15) is 75.6 Å². The third-order valence-electron chi connectivity index (χ3n) is 8.92. The molecule has 1 aromatic carbocycles. The summed E-state index contributed by atoms with van der Waals surface area (Å²) in [6, 6.07) is 1.67. The van der Waals surface area contributed by atoms with Gasteiger partial charge in [0.2, 0.25) is 5.91 Å². The molecule has 8 heteroatoms. The van der Waals surface area contributed by atoms with Crippen LogP contribution < -0.4 is 14.8 Å². The number of fused-ring (bicyclic) bond motifs is 1. The first-order chi connectivity index (χ1) is 17.2. The van der Waals surface area contributed by atoms with Gasteiger partial charge in [0.05, 0.1) is 40.0 Å². The van der Waals surface area contributed by atoms with E-state index in [1.165, 1.54) is 0 Å². The molecule has 0 aromatic heterocycles. The van der Waals surface area contributed by atoms with E-state index >= 15 is 0 Å². The first-order valence-electron chi connectivity index (χ1n) is 13.3. The molecule has 0 spiro atoms. The van der Waals surface area contributed by atoms with E-state index in [9.17, 15) is 9.59 Å². The molecule has 2 saturated heterocycles. The molecule has 4 aliphatic rings. The zero-order chi connectivity index (χ0) is 25.8. The summed E-state index contributed by atoms with van der Waals surface area (Å²) in [6.07, 6.45) is 2.21. The van der Waals surface area contributed by atoms with Gasteiger partial charge in [-0.25, -0.2) is 0 Å². The fourth-order valence-corrected chi connectivity index (χ4v) is 7.43. The number of nitrogens with one attached hydrogen (secondary N) is 1. The lowest BCUT2D eigenvalue weighted by atomic mass is 9.49. The van der Waals surface area contributed by atoms with E-state index in [4.69, 9.17) is 18.9 Å². The molecular weight excluding hydrogens is 460 g/mol. The van der Waals surface area contributed by atoms with Gasteiger partial charge in [0.1, 0.15) is 11.5 Å². The largest absolute Gasteiger partial charge is 0.493 e. The van der Waals surface area contributed by atoms with Gasteiger partial charge < -0.3 is 24.3 Å². The van der Waals surface area contributed by atoms with Crippen LogP contribution in [-0.2, 0) is 24.5 Å². The first kappa shape index (κ1) is 25.3. The Morgan fingerprint density at radius 2 is 1.86 bits per heavy atom. The number of esters is 1. The van der Waals surface area contributed by atoms with Gasteiger partial charge in [-0.05, 0) is 35.8 Å². The van der Waals surface area contributed by atoms with Gasteiger partial charge >= 0.3 is 5.97 Å². The van der Waals surface area contributed by atoms with E-state index in [2.05, 4.69) is 44.0 Å². The molecule has 4 unspecified atom stereocenters. The Bertz CT molecular complexity index is 1050. The van der Waals surface area contributed by atoms with Crippen molar-refractivity contribution in [2.24, 2.45) is 11.3 Å². The van der Waals surface area contributed by atoms with E-state index in [0.717, 1.165) is 42.6 Å². The lowest BCUT2D eigenvalue weighted by Crippen LogP contribution is -2.57. The molecule has 2 bridgehead atoms. The topological polar surface area (TPSA) is 86.3 Å². The molecule has 1 aromatic rings. The van der Waals surface area contributed by atoms with Gasteiger partial charge in [-0.3, -0.25) is 14.5 Å². The molecule has 4 atom stereocenters. The summed E-state index contributed by atoms with van der Waals surface area (Å²) >= 11 is 0. The van der Waals surface area contributed by atoms with E-state index in [1.54, 1.807) is 14.2 Å². The number of amides is 1. The Balaban J connectivity index is 1.67. The smallest absolute Gasteiger partial charge is 0.317 e. The van der Waals surface area contributed by atoms with Crippen LogP contribution in [0.4, 0.5) is 0 Å². The highest BCUT2D eigenvalue weighted by atomic mass is 16.6. The van der Waals surface area contributed by atoms with E-state index in [-0.39, 0.29) is 29.1 Å². The Morgan fingerprint density at radius 1 is 1.17 bits per heavy atom. The lowest BCUT2D eigenvalue weighted by Gasteiger charge is -2.52. The van der Waals surface area contributed by atoms with Gasteiger partial charge in [0, 0.05) is 30.1 Å². The third kappa shape index (κ3) is 3.71. The highest BCUT2D eigenvalue weighted by Crippen LogP contribution is 2.66. The van der Waals surface area contributed by atoms with Crippen LogP contribution >= 0.6 is 0 Å². The van der Waals surface area contributed by atoms with Crippen molar-refractivity contribution in [3.8, 4) is 11.5 Å². The standard InChI is InChI=1S/C28H40N2O6/c1-16(2)17-14-18-20(23(34-6)22(17)33-5)28-9-7-8-27(3,4)25(28)24(36-26(28)32)21(18)29-19(31)15-30-10-12-35-13-11-30/h14,16,21,24-25H,7-13,15H2,1-6H3,(H,29,31). The van der Waals surface area contributed by atoms with Gasteiger partial charge in [0.25, 0.3) is 0 Å². The predicted octanol–water partition coefficient (Wildman–Crippen LogP) is 3.32. The molecule has 2 aliphatic heterocycles. The number of nitrogens with zero attached hydrogens (tertiary/aromatic N) is 1. The van der Waals surface area contributed by atoms with Crippen LogP contribution in [0.5, 0.6) is 11.5 Å². The van der Waals surface area contributed by atoms with Crippen LogP contribution in [0, 0.1) is 11.3 Å². The molecule has 5 rings (SSSR count). The quantitative estimate of drug-likeness (QED) is 0.600. The second-order valence-corrected chi connectivity index (χ2v) is 11.7. The maximum Gasteiger partial charge on any atom is 0.317 e. The van der Waals surface area contributed by atoms with Crippen molar-refractivity contribution in [1.82, 2.24) is 10.2 Å². The van der Waals surface area contributed by atoms with Crippen molar-refractivity contribution in [3.05, 3.63) is 22.8 Å². The van der Waals surface area contributed by atoms with E-state index in [0.29, 0.717) is 37.7 Å². The SMILES string of the molecule is COc1c(C(C)C)cc2c(c1OC)C13CCCC(C)(C)C1C(OC3=O)C2NC(=O)CN1CCOCC1. The van der Waals surface area contributed by atoms with Gasteiger partial charge in [-0.15, -0.1) is 0 Å². The monoisotopic (exact) mass is 500 g/mol. The lowest BCUT2D eigenvalue weighted by molar-refractivity contribution is -0.146. The second kappa shape index (κ2) is 9.21. The maximum atomic E-state index is 13.8. The molecule has 0 radical (unpaired) electrons. The number of hydrogen-bond donors (Lipinski definition) is 1. The molecule has 1 amide bonds. The number of carbonyl (C=O) groups is 2. The van der Waals surface area contributed by atoms with Crippen LogP contribution in [0.25, 0.3) is 0 Å². The van der Waals surface area contributed by atoms with Crippen molar-refractivity contribution < 1.29 is 28.5 Å². The average molecular weight is 501 g/mol. The number of carbonyl (C=O) groups excluding carboxylic acids is 2. The molecule has 36 heavy (non-hydrogen) atoms. The minimum Gasteiger partial charge on any atom is -0.493 e. The summed E-state index contributed by atoms with van der Waals surface area (Å²) in [4.78, 5) is 29.3. The Morgan fingerprint density at radius 3 is 2.50 bits per heavy atom. The number of hydrogen-bond acceptors (Lipinski definition) is 7.